The second kappa shape index (κ2) is 9.59. The third-order valence-electron chi connectivity index (χ3n) is 6.73. The van der Waals surface area contributed by atoms with Crippen LogP contribution in [0.1, 0.15) is 12.8 Å². The summed E-state index contributed by atoms with van der Waals surface area (Å²) < 4.78 is 0. The molecule has 0 saturated carbocycles. The molecule has 3 heterocycles. The topological polar surface area (TPSA) is 46.1 Å². The van der Waals surface area contributed by atoms with Gasteiger partial charge in [0, 0.05) is 43.4 Å². The summed E-state index contributed by atoms with van der Waals surface area (Å²) in [5.74, 6) is 0.192. The molecule has 0 N–H and O–H groups in total. The lowest BCUT2D eigenvalue weighted by Gasteiger charge is -2.19. The van der Waals surface area contributed by atoms with Crippen LogP contribution in [0.4, 0.5) is 5.69 Å². The Labute approximate surface area is 210 Å². The quantitative estimate of drug-likeness (QED) is 0.273. The van der Waals surface area contributed by atoms with Crippen LogP contribution in [0.2, 0.25) is 0 Å². The molecule has 4 heteroatoms. The average Bonchev–Trinajstić information content (AvgIpc) is 3.40. The Kier molecular flexibility index (Phi) is 5.84. The summed E-state index contributed by atoms with van der Waals surface area (Å²) in [4.78, 5) is 23.0. The van der Waals surface area contributed by atoms with Gasteiger partial charge in [-0.1, -0.05) is 60.7 Å². The van der Waals surface area contributed by atoms with Gasteiger partial charge in [0.25, 0.3) is 0 Å². The Hall–Kier alpha value is -4.57. The Bertz CT molecular complexity index is 1390. The number of pyridine rings is 2. The summed E-state index contributed by atoms with van der Waals surface area (Å²) in [6.45, 7) is 0.765. The highest BCUT2D eigenvalue weighted by atomic mass is 16.2. The van der Waals surface area contributed by atoms with Crippen LogP contribution in [-0.4, -0.2) is 22.4 Å². The number of hydrogen-bond acceptors (Lipinski definition) is 3. The van der Waals surface area contributed by atoms with Crippen molar-refractivity contribution in [2.75, 3.05) is 11.4 Å². The molecular formula is C32H25N3O. The molecule has 0 bridgehead atoms. The summed E-state index contributed by atoms with van der Waals surface area (Å²) in [7, 11) is 0. The lowest BCUT2D eigenvalue weighted by Crippen LogP contribution is -2.23. The number of benzene rings is 3. The predicted octanol–water partition coefficient (Wildman–Crippen LogP) is 7.27. The molecule has 6 rings (SSSR count). The SMILES string of the molecule is O=C1CCCN1c1cc(-c2ccc(-c3cccnc3)cc2)cc(-c2ccc(-c3cccnc3)cc2)c1. The Morgan fingerprint density at radius 1 is 0.556 bits per heavy atom. The predicted molar refractivity (Wildman–Crippen MR) is 145 cm³/mol. The number of aromatic nitrogens is 2. The van der Waals surface area contributed by atoms with E-state index in [4.69, 9.17) is 0 Å². The van der Waals surface area contributed by atoms with Crippen molar-refractivity contribution in [3.8, 4) is 44.5 Å². The van der Waals surface area contributed by atoms with E-state index in [1.165, 1.54) is 0 Å². The smallest absolute Gasteiger partial charge is 0.227 e. The van der Waals surface area contributed by atoms with Crippen molar-refractivity contribution < 1.29 is 4.79 Å². The maximum atomic E-state index is 12.6. The Morgan fingerprint density at radius 3 is 1.42 bits per heavy atom. The van der Waals surface area contributed by atoms with Crippen LogP contribution in [0.5, 0.6) is 0 Å². The number of anilines is 1. The van der Waals surface area contributed by atoms with E-state index in [0.29, 0.717) is 6.42 Å². The van der Waals surface area contributed by atoms with E-state index in [0.717, 1.165) is 63.2 Å². The molecule has 0 spiro atoms. The summed E-state index contributed by atoms with van der Waals surface area (Å²) in [5, 5.41) is 0. The number of carbonyl (C=O) groups excluding carboxylic acids is 1. The zero-order chi connectivity index (χ0) is 24.3. The minimum absolute atomic E-state index is 0.192. The van der Waals surface area contributed by atoms with E-state index >= 15 is 0 Å². The molecule has 1 fully saturated rings. The minimum atomic E-state index is 0.192. The van der Waals surface area contributed by atoms with Gasteiger partial charge in [0.1, 0.15) is 0 Å². The van der Waals surface area contributed by atoms with Crippen molar-refractivity contribution in [1.29, 1.82) is 0 Å². The van der Waals surface area contributed by atoms with Gasteiger partial charge in [-0.25, -0.2) is 0 Å². The van der Waals surface area contributed by atoms with Gasteiger partial charge < -0.3 is 4.90 Å². The van der Waals surface area contributed by atoms with E-state index in [1.54, 1.807) is 12.4 Å². The lowest BCUT2D eigenvalue weighted by molar-refractivity contribution is -0.117. The molecule has 1 aliphatic rings. The zero-order valence-electron chi connectivity index (χ0n) is 19.8. The van der Waals surface area contributed by atoms with E-state index in [9.17, 15) is 4.79 Å². The molecule has 0 aliphatic carbocycles. The molecule has 0 unspecified atom stereocenters. The fourth-order valence-corrected chi connectivity index (χ4v) is 4.80. The third-order valence-corrected chi connectivity index (χ3v) is 6.73. The normalized spacial score (nSPS) is 13.2. The van der Waals surface area contributed by atoms with E-state index < -0.39 is 0 Å². The molecule has 1 saturated heterocycles. The molecule has 0 radical (unpaired) electrons. The first-order valence-electron chi connectivity index (χ1n) is 12.2. The van der Waals surface area contributed by atoms with Gasteiger partial charge >= 0.3 is 0 Å². The average molecular weight is 468 g/mol. The first-order valence-corrected chi connectivity index (χ1v) is 12.2. The second-order valence-corrected chi connectivity index (χ2v) is 9.06. The molecule has 174 valence electrons. The molecule has 0 atom stereocenters. The number of carbonyl (C=O) groups is 1. The summed E-state index contributed by atoms with van der Waals surface area (Å²) >= 11 is 0. The van der Waals surface area contributed by atoms with Crippen LogP contribution in [0.15, 0.2) is 116 Å². The van der Waals surface area contributed by atoms with Gasteiger partial charge in [-0.05, 0) is 81.3 Å². The van der Waals surface area contributed by atoms with Gasteiger partial charge in [-0.15, -0.1) is 0 Å². The fraction of sp³-hybridized carbons (Fsp3) is 0.0938. The Morgan fingerprint density at radius 2 is 1.03 bits per heavy atom. The first kappa shape index (κ1) is 21.9. The molecule has 5 aromatic rings. The van der Waals surface area contributed by atoms with Crippen molar-refractivity contribution in [1.82, 2.24) is 9.97 Å². The summed E-state index contributed by atoms with van der Waals surface area (Å²) in [6.07, 6.45) is 8.84. The van der Waals surface area contributed by atoms with Crippen molar-refractivity contribution in [2.45, 2.75) is 12.8 Å². The van der Waals surface area contributed by atoms with Crippen LogP contribution in [0.3, 0.4) is 0 Å². The molecule has 36 heavy (non-hydrogen) atoms. The number of nitrogens with zero attached hydrogens (tertiary/aromatic N) is 3. The standard InChI is InChI=1S/C32H25N3O/c36-32-6-3-17-35(32)31-19-29(25-11-7-23(8-12-25)27-4-1-15-33-21-27)18-30(20-31)26-13-9-24(10-14-26)28-5-2-16-34-22-28/h1-2,4-5,7-16,18-22H,3,6,17H2. The van der Waals surface area contributed by atoms with Gasteiger partial charge in [-0.3, -0.25) is 14.8 Å². The van der Waals surface area contributed by atoms with Crippen LogP contribution in [-0.2, 0) is 4.79 Å². The highest BCUT2D eigenvalue weighted by molar-refractivity contribution is 5.97. The van der Waals surface area contributed by atoms with Crippen molar-refractivity contribution in [3.63, 3.8) is 0 Å². The highest BCUT2D eigenvalue weighted by Crippen LogP contribution is 2.35. The monoisotopic (exact) mass is 467 g/mol. The molecule has 4 nitrogen and oxygen atoms in total. The summed E-state index contributed by atoms with van der Waals surface area (Å²) in [6, 6.07) is 31.6. The van der Waals surface area contributed by atoms with Gasteiger partial charge in [-0.2, -0.15) is 0 Å². The molecule has 3 aromatic carbocycles. The third kappa shape index (κ3) is 4.41. The minimum Gasteiger partial charge on any atom is -0.312 e. The number of hydrogen-bond donors (Lipinski definition) is 0. The van der Waals surface area contributed by atoms with Crippen LogP contribution < -0.4 is 4.90 Å². The fourth-order valence-electron chi connectivity index (χ4n) is 4.80. The molecule has 1 aliphatic heterocycles. The number of amides is 1. The maximum Gasteiger partial charge on any atom is 0.227 e. The summed E-state index contributed by atoms with van der Waals surface area (Å²) in [5.41, 5.74) is 9.82. The lowest BCUT2D eigenvalue weighted by atomic mass is 9.95. The van der Waals surface area contributed by atoms with Gasteiger partial charge in [0.05, 0.1) is 0 Å². The van der Waals surface area contributed by atoms with Crippen LogP contribution in [0, 0.1) is 0 Å². The highest BCUT2D eigenvalue weighted by Gasteiger charge is 2.22. The van der Waals surface area contributed by atoms with Gasteiger partial charge in [0.2, 0.25) is 5.91 Å². The van der Waals surface area contributed by atoms with E-state index in [-0.39, 0.29) is 5.91 Å². The molecule has 2 aromatic heterocycles. The Balaban J connectivity index is 1.39. The first-order chi connectivity index (χ1) is 17.7. The van der Waals surface area contributed by atoms with Crippen molar-refractivity contribution >= 4 is 11.6 Å². The van der Waals surface area contributed by atoms with Crippen LogP contribution in [0.25, 0.3) is 44.5 Å². The van der Waals surface area contributed by atoms with Crippen molar-refractivity contribution in [3.05, 3.63) is 116 Å². The second-order valence-electron chi connectivity index (χ2n) is 9.06. The van der Waals surface area contributed by atoms with Gasteiger partial charge in [0.15, 0.2) is 0 Å². The van der Waals surface area contributed by atoms with Crippen LogP contribution >= 0.6 is 0 Å². The van der Waals surface area contributed by atoms with Crippen molar-refractivity contribution in [2.24, 2.45) is 0 Å². The zero-order valence-corrected chi connectivity index (χ0v) is 19.8. The van der Waals surface area contributed by atoms with E-state index in [1.807, 2.05) is 29.4 Å². The molecule has 1 amide bonds. The number of rotatable bonds is 5. The largest absolute Gasteiger partial charge is 0.312 e. The van der Waals surface area contributed by atoms with E-state index in [2.05, 4.69) is 88.8 Å². The maximum absolute atomic E-state index is 12.6. The molecular weight excluding hydrogens is 442 g/mol.